The van der Waals surface area contributed by atoms with Gasteiger partial charge in [-0.15, -0.1) is 0 Å². The van der Waals surface area contributed by atoms with Gasteiger partial charge in [-0.2, -0.15) is 0 Å². The van der Waals surface area contributed by atoms with Crippen LogP contribution in [0.15, 0.2) is 0 Å². The van der Waals surface area contributed by atoms with Gasteiger partial charge in [-0.1, -0.05) is 0 Å². The minimum Gasteiger partial charge on any atom is -1.00 e. The minimum absolute atomic E-state index is 0. The third kappa shape index (κ3) is 33.4. The van der Waals surface area contributed by atoms with Crippen LogP contribution in [0.3, 0.4) is 0 Å². The second kappa shape index (κ2) is 29.7. The SMILES string of the molecule is COC(C)OC.[Cl-].[Cl-].[Cl-].[Cl-].[Zr+4]. The van der Waals surface area contributed by atoms with E-state index in [0.717, 1.165) is 0 Å². The van der Waals surface area contributed by atoms with Crippen LogP contribution in [0, 0.1) is 0 Å². The molecule has 11 heavy (non-hydrogen) atoms. The number of hydrogen-bond donors (Lipinski definition) is 0. The van der Waals surface area contributed by atoms with Gasteiger partial charge in [0, 0.05) is 14.2 Å². The Hall–Kier alpha value is 1.96. The smallest absolute Gasteiger partial charge is 1.00 e. The maximum atomic E-state index is 4.68. The molecule has 0 N–H and O–H groups in total. The summed E-state index contributed by atoms with van der Waals surface area (Å²) in [7, 11) is 3.21. The minimum atomic E-state index is -0.0648. The molecule has 0 fully saturated rings. The first-order valence-corrected chi connectivity index (χ1v) is 1.87. The third-order valence-corrected chi connectivity index (χ3v) is 0.664. The van der Waals surface area contributed by atoms with Gasteiger partial charge in [-0.25, -0.2) is 0 Å². The van der Waals surface area contributed by atoms with Crippen molar-refractivity contribution >= 4 is 0 Å². The van der Waals surface area contributed by atoms with Gasteiger partial charge in [-0.3, -0.25) is 0 Å². The molecule has 0 amide bonds. The van der Waals surface area contributed by atoms with Gasteiger partial charge in [0.05, 0.1) is 0 Å². The van der Waals surface area contributed by atoms with Crippen LogP contribution in [-0.2, 0) is 35.7 Å². The van der Waals surface area contributed by atoms with Gasteiger partial charge < -0.3 is 59.1 Å². The molecule has 0 aliphatic heterocycles. The van der Waals surface area contributed by atoms with E-state index in [0.29, 0.717) is 0 Å². The van der Waals surface area contributed by atoms with Crippen molar-refractivity contribution in [3.63, 3.8) is 0 Å². The molecule has 0 aliphatic rings. The molecule has 0 aromatic carbocycles. The zero-order valence-electron chi connectivity index (χ0n) is 6.41. The number of methoxy groups -OCH3 is 2. The van der Waals surface area contributed by atoms with Crippen LogP contribution < -0.4 is 49.6 Å². The van der Waals surface area contributed by atoms with Crippen molar-refractivity contribution in [2.45, 2.75) is 13.2 Å². The Kier molecular flexibility index (Phi) is 103. The van der Waals surface area contributed by atoms with Gasteiger partial charge in [0.15, 0.2) is 6.29 Å². The Bertz CT molecular complexity index is 39.3. The summed E-state index contributed by atoms with van der Waals surface area (Å²) in [5, 5.41) is 0. The average Bonchev–Trinajstić information content (AvgIpc) is 1.65. The van der Waals surface area contributed by atoms with Gasteiger partial charge in [0.2, 0.25) is 0 Å². The van der Waals surface area contributed by atoms with E-state index in [-0.39, 0.29) is 82.1 Å². The number of hydrogen-bond acceptors (Lipinski definition) is 2. The molecule has 0 unspecified atom stereocenters. The van der Waals surface area contributed by atoms with E-state index >= 15 is 0 Å². The molecule has 0 aromatic heterocycles. The summed E-state index contributed by atoms with van der Waals surface area (Å²) in [5.41, 5.74) is 0. The summed E-state index contributed by atoms with van der Waals surface area (Å²) >= 11 is 0. The second-order valence-corrected chi connectivity index (χ2v) is 1.04. The van der Waals surface area contributed by atoms with Crippen molar-refractivity contribution in [1.82, 2.24) is 0 Å². The summed E-state index contributed by atoms with van der Waals surface area (Å²) in [5.74, 6) is 0. The van der Waals surface area contributed by atoms with E-state index in [1.165, 1.54) is 0 Å². The van der Waals surface area contributed by atoms with Crippen LogP contribution >= 0.6 is 0 Å². The third-order valence-electron chi connectivity index (χ3n) is 0.664. The zero-order chi connectivity index (χ0) is 4.99. The molecule has 0 heterocycles. The summed E-state index contributed by atoms with van der Waals surface area (Å²) in [6.45, 7) is 1.83. The van der Waals surface area contributed by atoms with Crippen molar-refractivity contribution in [3.05, 3.63) is 0 Å². The van der Waals surface area contributed by atoms with Crippen LogP contribution in [0.5, 0.6) is 0 Å². The van der Waals surface area contributed by atoms with E-state index in [2.05, 4.69) is 9.47 Å². The van der Waals surface area contributed by atoms with Crippen molar-refractivity contribution in [2.75, 3.05) is 14.2 Å². The Morgan fingerprint density at radius 1 is 0.818 bits per heavy atom. The molecule has 0 aromatic rings. The summed E-state index contributed by atoms with van der Waals surface area (Å²) in [6.07, 6.45) is -0.0648. The Labute approximate surface area is 112 Å². The van der Waals surface area contributed by atoms with Gasteiger partial charge in [-0.05, 0) is 6.92 Å². The first kappa shape index (κ1) is 38.3. The first-order valence-electron chi connectivity index (χ1n) is 1.87. The molecule has 0 atom stereocenters. The maximum Gasteiger partial charge on any atom is 4.00 e. The maximum absolute atomic E-state index is 4.68. The van der Waals surface area contributed by atoms with E-state index in [1.807, 2.05) is 6.92 Å². The molecule has 2 nitrogen and oxygen atoms in total. The van der Waals surface area contributed by atoms with Crippen LogP contribution in [0.4, 0.5) is 0 Å². The summed E-state index contributed by atoms with van der Waals surface area (Å²) in [6, 6.07) is 0. The molecule has 0 spiro atoms. The zero-order valence-corrected chi connectivity index (χ0v) is 11.9. The fraction of sp³-hybridized carbons (Fsp3) is 1.00. The van der Waals surface area contributed by atoms with E-state index < -0.39 is 0 Å². The monoisotopic (exact) mass is 320 g/mol. The van der Waals surface area contributed by atoms with Crippen LogP contribution in [0.2, 0.25) is 0 Å². The van der Waals surface area contributed by atoms with Crippen LogP contribution in [0.1, 0.15) is 6.92 Å². The predicted molar refractivity (Wildman–Crippen MR) is 23.5 cm³/mol. The van der Waals surface area contributed by atoms with Gasteiger partial charge in [0.1, 0.15) is 0 Å². The second-order valence-electron chi connectivity index (χ2n) is 1.04. The van der Waals surface area contributed by atoms with Gasteiger partial charge >= 0.3 is 26.2 Å². The van der Waals surface area contributed by atoms with Crippen LogP contribution in [-0.4, -0.2) is 20.5 Å². The fourth-order valence-electron chi connectivity index (χ4n) is 0.0962. The average molecular weight is 323 g/mol. The molecule has 0 rings (SSSR count). The number of rotatable bonds is 2. The number of ether oxygens (including phenoxy) is 2. The molecule has 0 bridgehead atoms. The normalized spacial score (nSPS) is 5.45. The van der Waals surface area contributed by atoms with Crippen molar-refractivity contribution in [3.8, 4) is 0 Å². The molecule has 0 aliphatic carbocycles. The van der Waals surface area contributed by atoms with E-state index in [9.17, 15) is 0 Å². The summed E-state index contributed by atoms with van der Waals surface area (Å²) in [4.78, 5) is 0. The molecule has 0 saturated heterocycles. The predicted octanol–water partition coefficient (Wildman–Crippen LogP) is -11.4. The summed E-state index contributed by atoms with van der Waals surface area (Å²) < 4.78 is 9.35. The molecule has 70 valence electrons. The standard InChI is InChI=1S/C4H10O2.4ClH.Zr/c1-4(5-2)6-3;;;;;/h4H,1-3H3;4*1H;/q;;;;;+4/p-4. The largest absolute Gasteiger partial charge is 4.00 e. The van der Waals surface area contributed by atoms with E-state index in [4.69, 9.17) is 0 Å². The Balaban J connectivity index is -0.0000000125. The van der Waals surface area contributed by atoms with Crippen molar-refractivity contribution < 1.29 is 85.3 Å². The van der Waals surface area contributed by atoms with Crippen molar-refractivity contribution in [2.24, 2.45) is 0 Å². The first-order chi connectivity index (χ1) is 2.81. The molecule has 0 saturated carbocycles. The Morgan fingerprint density at radius 3 is 1.00 bits per heavy atom. The topological polar surface area (TPSA) is 18.5 Å². The number of halogens is 4. The van der Waals surface area contributed by atoms with Gasteiger partial charge in [0.25, 0.3) is 0 Å². The molecule has 0 radical (unpaired) electrons. The quantitative estimate of drug-likeness (QED) is 0.470. The van der Waals surface area contributed by atoms with Crippen LogP contribution in [0.25, 0.3) is 0 Å². The fourth-order valence-corrected chi connectivity index (χ4v) is 0.0962. The molecular formula is C4H10Cl4O2Zr. The Morgan fingerprint density at radius 2 is 1.00 bits per heavy atom. The van der Waals surface area contributed by atoms with E-state index in [1.54, 1.807) is 14.2 Å². The van der Waals surface area contributed by atoms with Crippen molar-refractivity contribution in [1.29, 1.82) is 0 Å². The molecular weight excluding hydrogens is 313 g/mol. The molecule has 7 heteroatoms.